The van der Waals surface area contributed by atoms with Gasteiger partial charge >= 0.3 is 0 Å². The Bertz CT molecular complexity index is 674. The zero-order valence-electron chi connectivity index (χ0n) is 16.9. The number of amides is 1. The number of rotatable bonds is 7. The van der Waals surface area contributed by atoms with Crippen molar-refractivity contribution in [1.29, 1.82) is 0 Å². The van der Waals surface area contributed by atoms with E-state index in [1.54, 1.807) is 26.2 Å². The molecule has 2 aliphatic heterocycles. The van der Waals surface area contributed by atoms with Gasteiger partial charge in [-0.25, -0.2) is 8.78 Å². The van der Waals surface area contributed by atoms with Crippen molar-refractivity contribution in [2.75, 3.05) is 53.6 Å². The van der Waals surface area contributed by atoms with Crippen LogP contribution in [0, 0.1) is 5.41 Å². The number of piperidine rings is 1. The van der Waals surface area contributed by atoms with Crippen molar-refractivity contribution >= 4 is 5.91 Å². The van der Waals surface area contributed by atoms with Crippen molar-refractivity contribution in [2.24, 2.45) is 12.5 Å². The van der Waals surface area contributed by atoms with Crippen LogP contribution in [0.5, 0.6) is 0 Å². The molecule has 1 amide bonds. The number of nitrogens with zero attached hydrogens (tertiary/aromatic N) is 4. The molecule has 3 rings (SSSR count). The lowest BCUT2D eigenvalue weighted by molar-refractivity contribution is 0.0572. The summed E-state index contributed by atoms with van der Waals surface area (Å²) in [7, 11) is 4.97. The lowest BCUT2D eigenvalue weighted by atomic mass is 9.76. The molecular weight excluding hydrogens is 370 g/mol. The second-order valence-electron chi connectivity index (χ2n) is 7.97. The number of hydrogen-bond donors (Lipinski definition) is 0. The fourth-order valence-corrected chi connectivity index (χ4v) is 4.63. The van der Waals surface area contributed by atoms with Gasteiger partial charge in [-0.05, 0) is 24.7 Å². The first kappa shape index (κ1) is 21.1. The third kappa shape index (κ3) is 4.36. The molecule has 1 aromatic heterocycles. The SMILES string of the molecule is COCCN1CC2(CCN(C(=O)c3cn(C)nc3C(F)F)CC2)C[C@@H]1COC. The van der Waals surface area contributed by atoms with Gasteiger partial charge < -0.3 is 14.4 Å². The van der Waals surface area contributed by atoms with E-state index in [9.17, 15) is 13.6 Å². The van der Waals surface area contributed by atoms with E-state index >= 15 is 0 Å². The molecule has 0 aliphatic carbocycles. The summed E-state index contributed by atoms with van der Waals surface area (Å²) >= 11 is 0. The van der Waals surface area contributed by atoms with Gasteiger partial charge in [-0.3, -0.25) is 14.4 Å². The molecule has 0 N–H and O–H groups in total. The van der Waals surface area contributed by atoms with Crippen molar-refractivity contribution in [1.82, 2.24) is 19.6 Å². The molecule has 2 saturated heterocycles. The maximum Gasteiger partial charge on any atom is 0.282 e. The van der Waals surface area contributed by atoms with E-state index in [1.807, 2.05) is 0 Å². The Hall–Kier alpha value is -1.58. The number of carbonyl (C=O) groups excluding carboxylic acids is 1. The van der Waals surface area contributed by atoms with E-state index in [0.29, 0.717) is 32.3 Å². The summed E-state index contributed by atoms with van der Waals surface area (Å²) in [6.07, 6.45) is 1.40. The van der Waals surface area contributed by atoms with Gasteiger partial charge in [-0.1, -0.05) is 0 Å². The number of hydrogen-bond acceptors (Lipinski definition) is 5. The minimum absolute atomic E-state index is 0.0128. The highest BCUT2D eigenvalue weighted by Crippen LogP contribution is 2.43. The van der Waals surface area contributed by atoms with E-state index < -0.39 is 12.1 Å². The number of alkyl halides is 2. The van der Waals surface area contributed by atoms with Crippen molar-refractivity contribution in [3.05, 3.63) is 17.5 Å². The molecule has 2 fully saturated rings. The molecule has 3 heterocycles. The highest BCUT2D eigenvalue weighted by Gasteiger charge is 2.46. The quantitative estimate of drug-likeness (QED) is 0.700. The molecule has 0 saturated carbocycles. The van der Waals surface area contributed by atoms with Crippen molar-refractivity contribution in [3.8, 4) is 0 Å². The van der Waals surface area contributed by atoms with Crippen LogP contribution < -0.4 is 0 Å². The number of aryl methyl sites for hydroxylation is 1. The normalized spacial score (nSPS) is 22.5. The minimum Gasteiger partial charge on any atom is -0.383 e. The maximum atomic E-state index is 13.2. The minimum atomic E-state index is -2.75. The van der Waals surface area contributed by atoms with Crippen LogP contribution in [-0.2, 0) is 16.5 Å². The third-order valence-electron chi connectivity index (χ3n) is 6.07. The molecule has 0 aromatic carbocycles. The zero-order chi connectivity index (χ0) is 20.3. The maximum absolute atomic E-state index is 13.2. The molecule has 7 nitrogen and oxygen atoms in total. The predicted molar refractivity (Wildman–Crippen MR) is 99.5 cm³/mol. The summed E-state index contributed by atoms with van der Waals surface area (Å²) in [6, 6.07) is 0.353. The molecule has 0 unspecified atom stereocenters. The Morgan fingerprint density at radius 3 is 2.64 bits per heavy atom. The number of ether oxygens (including phenoxy) is 2. The van der Waals surface area contributed by atoms with Gasteiger partial charge in [0.25, 0.3) is 12.3 Å². The van der Waals surface area contributed by atoms with Gasteiger partial charge in [0.05, 0.1) is 18.8 Å². The predicted octanol–water partition coefficient (Wildman–Crippen LogP) is 1.95. The summed E-state index contributed by atoms with van der Waals surface area (Å²) in [5.74, 6) is -0.346. The lowest BCUT2D eigenvalue weighted by Crippen LogP contribution is -2.44. The van der Waals surface area contributed by atoms with Crippen LogP contribution in [0.15, 0.2) is 6.20 Å². The van der Waals surface area contributed by atoms with Crippen molar-refractivity contribution in [2.45, 2.75) is 31.7 Å². The van der Waals surface area contributed by atoms with E-state index in [4.69, 9.17) is 9.47 Å². The molecule has 158 valence electrons. The highest BCUT2D eigenvalue weighted by atomic mass is 19.3. The fourth-order valence-electron chi connectivity index (χ4n) is 4.63. The molecule has 2 aliphatic rings. The molecule has 0 bridgehead atoms. The molecule has 1 atom stereocenters. The molecule has 0 radical (unpaired) electrons. The standard InChI is InChI=1S/C19H30F2N4O3/c1-23-11-15(16(22-23)17(20)21)18(26)24-6-4-19(5-7-24)10-14(12-28-3)25(13-19)8-9-27-2/h11,14,17H,4-10,12-13H2,1-3H3/t14-/m1/s1. The largest absolute Gasteiger partial charge is 0.383 e. The van der Waals surface area contributed by atoms with Crippen molar-refractivity contribution in [3.63, 3.8) is 0 Å². The van der Waals surface area contributed by atoms with Crippen LogP contribution in [0.1, 0.15) is 41.7 Å². The van der Waals surface area contributed by atoms with Gasteiger partial charge in [0, 0.05) is 59.7 Å². The molecule has 1 aromatic rings. The zero-order valence-corrected chi connectivity index (χ0v) is 16.9. The van der Waals surface area contributed by atoms with Gasteiger partial charge in [0.1, 0.15) is 5.69 Å². The smallest absolute Gasteiger partial charge is 0.282 e. The summed E-state index contributed by atoms with van der Waals surface area (Å²) in [5, 5.41) is 3.75. The molecule has 9 heteroatoms. The second-order valence-corrected chi connectivity index (χ2v) is 7.97. The average molecular weight is 400 g/mol. The van der Waals surface area contributed by atoms with Gasteiger partial charge in [0.15, 0.2) is 0 Å². The third-order valence-corrected chi connectivity index (χ3v) is 6.07. The molecule has 1 spiro atoms. The second kappa shape index (κ2) is 8.84. The van der Waals surface area contributed by atoms with Crippen LogP contribution in [0.3, 0.4) is 0 Å². The summed E-state index contributed by atoms with van der Waals surface area (Å²) in [6.45, 7) is 4.34. The number of aromatic nitrogens is 2. The van der Waals surface area contributed by atoms with Crippen LogP contribution in [0.25, 0.3) is 0 Å². The van der Waals surface area contributed by atoms with Crippen LogP contribution in [0.2, 0.25) is 0 Å². The van der Waals surface area contributed by atoms with E-state index in [0.717, 1.165) is 32.4 Å². The average Bonchev–Trinajstić information content (AvgIpc) is 3.21. The first-order valence-electron chi connectivity index (χ1n) is 9.72. The Morgan fingerprint density at radius 2 is 2.04 bits per heavy atom. The van der Waals surface area contributed by atoms with Crippen LogP contribution >= 0.6 is 0 Å². The summed E-state index contributed by atoms with van der Waals surface area (Å²) in [4.78, 5) is 16.9. The van der Waals surface area contributed by atoms with Gasteiger partial charge in [0.2, 0.25) is 0 Å². The number of carbonyl (C=O) groups is 1. The summed E-state index contributed by atoms with van der Waals surface area (Å²) < 4.78 is 38.3. The molecular formula is C19H30F2N4O3. The number of likely N-dealkylation sites (tertiary alicyclic amines) is 2. The number of methoxy groups -OCH3 is 2. The Balaban J connectivity index is 1.64. The van der Waals surface area contributed by atoms with Crippen molar-refractivity contribution < 1.29 is 23.0 Å². The first-order valence-corrected chi connectivity index (χ1v) is 9.72. The fraction of sp³-hybridized carbons (Fsp3) is 0.789. The Morgan fingerprint density at radius 1 is 1.32 bits per heavy atom. The lowest BCUT2D eigenvalue weighted by Gasteiger charge is -2.39. The Labute approximate surface area is 164 Å². The monoisotopic (exact) mass is 400 g/mol. The molecule has 28 heavy (non-hydrogen) atoms. The van der Waals surface area contributed by atoms with Gasteiger partial charge in [-0.2, -0.15) is 5.10 Å². The van der Waals surface area contributed by atoms with Crippen LogP contribution in [-0.4, -0.2) is 85.1 Å². The Kier molecular flexibility index (Phi) is 6.67. The highest BCUT2D eigenvalue weighted by molar-refractivity contribution is 5.95. The number of halogens is 2. The van der Waals surface area contributed by atoms with E-state index in [1.165, 1.54) is 10.9 Å². The first-order chi connectivity index (χ1) is 13.4. The van der Waals surface area contributed by atoms with Crippen LogP contribution in [0.4, 0.5) is 8.78 Å². The topological polar surface area (TPSA) is 59.8 Å². The van der Waals surface area contributed by atoms with Gasteiger partial charge in [-0.15, -0.1) is 0 Å². The van der Waals surface area contributed by atoms with E-state index in [2.05, 4.69) is 10.00 Å². The summed E-state index contributed by atoms with van der Waals surface area (Å²) in [5.41, 5.74) is -0.271. The van der Waals surface area contributed by atoms with E-state index in [-0.39, 0.29) is 16.9 Å².